The second-order valence-electron chi connectivity index (χ2n) is 4.34. The Labute approximate surface area is 112 Å². The molecule has 1 aliphatic rings. The van der Waals surface area contributed by atoms with Gasteiger partial charge in [0.1, 0.15) is 5.82 Å². The van der Waals surface area contributed by atoms with E-state index in [1.54, 1.807) is 13.3 Å². The van der Waals surface area contributed by atoms with Crippen LogP contribution in [-0.2, 0) is 11.3 Å². The molecule has 98 valence electrons. The Bertz CT molecular complexity index is 448. The molecule has 0 aromatic carbocycles. The first-order valence-electron chi connectivity index (χ1n) is 6.01. The lowest BCUT2D eigenvalue weighted by Gasteiger charge is -2.28. The third-order valence-corrected chi connectivity index (χ3v) is 3.32. The summed E-state index contributed by atoms with van der Waals surface area (Å²) in [5, 5.41) is 0.668. The number of ether oxygens (including phenoxy) is 1. The first-order chi connectivity index (χ1) is 8.74. The van der Waals surface area contributed by atoms with E-state index in [4.69, 9.17) is 22.1 Å². The van der Waals surface area contributed by atoms with Crippen LogP contribution in [0.25, 0.3) is 0 Å². The minimum Gasteiger partial charge on any atom is -0.380 e. The summed E-state index contributed by atoms with van der Waals surface area (Å²) in [6.45, 7) is 2.92. The fraction of sp³-hybridized carbons (Fsp3) is 0.462. The molecule has 0 bridgehead atoms. The molecule has 1 aromatic rings. The molecule has 0 saturated heterocycles. The Morgan fingerprint density at radius 3 is 2.94 bits per heavy atom. The topological polar surface area (TPSA) is 51.4 Å². The van der Waals surface area contributed by atoms with Crippen molar-refractivity contribution >= 4 is 17.4 Å². The van der Waals surface area contributed by atoms with Gasteiger partial charge in [0.05, 0.1) is 11.6 Å². The number of rotatable bonds is 4. The maximum atomic E-state index is 6.23. The van der Waals surface area contributed by atoms with Gasteiger partial charge in [0, 0.05) is 32.9 Å². The Balaban J connectivity index is 2.10. The lowest BCUT2D eigenvalue weighted by molar-refractivity contribution is 0.222. The number of hydrogen-bond donors (Lipinski definition) is 1. The van der Waals surface area contributed by atoms with Crippen molar-refractivity contribution in [3.8, 4) is 0 Å². The third kappa shape index (κ3) is 3.02. The van der Waals surface area contributed by atoms with Crippen LogP contribution in [0.2, 0.25) is 5.02 Å². The van der Waals surface area contributed by atoms with Gasteiger partial charge in [0.25, 0.3) is 0 Å². The van der Waals surface area contributed by atoms with E-state index in [2.05, 4.69) is 16.0 Å². The first-order valence-corrected chi connectivity index (χ1v) is 6.38. The molecule has 0 aliphatic carbocycles. The van der Waals surface area contributed by atoms with Crippen LogP contribution in [0.5, 0.6) is 0 Å². The van der Waals surface area contributed by atoms with E-state index >= 15 is 0 Å². The van der Waals surface area contributed by atoms with Crippen LogP contribution in [0, 0.1) is 0 Å². The van der Waals surface area contributed by atoms with Crippen molar-refractivity contribution in [3.63, 3.8) is 0 Å². The standard InChI is InChI=1S/C13H18ClN3O/c1-18-9-10-2-4-17(5-3-10)13-12(14)6-11(7-15)8-16-13/h2,6,8H,3-5,7,9,15H2,1H3. The maximum absolute atomic E-state index is 6.23. The fourth-order valence-corrected chi connectivity index (χ4v) is 2.34. The lowest BCUT2D eigenvalue weighted by atomic mass is 10.1. The molecule has 0 spiro atoms. The monoisotopic (exact) mass is 267 g/mol. The smallest absolute Gasteiger partial charge is 0.147 e. The van der Waals surface area contributed by atoms with Crippen LogP contribution in [-0.4, -0.2) is 31.8 Å². The van der Waals surface area contributed by atoms with Crippen molar-refractivity contribution in [1.82, 2.24) is 4.98 Å². The molecule has 18 heavy (non-hydrogen) atoms. The predicted octanol–water partition coefficient (Wildman–Crippen LogP) is 1.98. The molecule has 0 fully saturated rings. The first kappa shape index (κ1) is 13.3. The predicted molar refractivity (Wildman–Crippen MR) is 73.9 cm³/mol. The van der Waals surface area contributed by atoms with Crippen LogP contribution >= 0.6 is 11.6 Å². The molecule has 0 atom stereocenters. The van der Waals surface area contributed by atoms with Gasteiger partial charge >= 0.3 is 0 Å². The Morgan fingerprint density at radius 2 is 2.39 bits per heavy atom. The highest BCUT2D eigenvalue weighted by atomic mass is 35.5. The van der Waals surface area contributed by atoms with Crippen LogP contribution in [0.4, 0.5) is 5.82 Å². The average molecular weight is 268 g/mol. The molecule has 1 aliphatic heterocycles. The van der Waals surface area contributed by atoms with Gasteiger partial charge in [-0.25, -0.2) is 4.98 Å². The van der Waals surface area contributed by atoms with E-state index in [-0.39, 0.29) is 0 Å². The molecular formula is C13H18ClN3O. The Hall–Kier alpha value is -1.10. The van der Waals surface area contributed by atoms with Gasteiger partial charge < -0.3 is 15.4 Å². The molecule has 5 heteroatoms. The second-order valence-corrected chi connectivity index (χ2v) is 4.75. The minimum atomic E-state index is 0.463. The summed E-state index contributed by atoms with van der Waals surface area (Å²) in [5.74, 6) is 0.835. The molecular weight excluding hydrogens is 250 g/mol. The van der Waals surface area contributed by atoms with Crippen LogP contribution in [0.1, 0.15) is 12.0 Å². The summed E-state index contributed by atoms with van der Waals surface area (Å²) in [6.07, 6.45) is 4.96. The van der Waals surface area contributed by atoms with Gasteiger partial charge in [-0.05, 0) is 23.6 Å². The van der Waals surface area contributed by atoms with Crippen LogP contribution < -0.4 is 10.6 Å². The summed E-state index contributed by atoms with van der Waals surface area (Å²) in [6, 6.07) is 1.89. The zero-order valence-corrected chi connectivity index (χ0v) is 11.3. The normalized spacial score (nSPS) is 15.7. The number of anilines is 1. The van der Waals surface area contributed by atoms with Gasteiger partial charge in [-0.3, -0.25) is 0 Å². The van der Waals surface area contributed by atoms with E-state index in [0.717, 1.165) is 30.9 Å². The lowest BCUT2D eigenvalue weighted by Crippen LogP contribution is -2.30. The van der Waals surface area contributed by atoms with Gasteiger partial charge in [-0.1, -0.05) is 17.7 Å². The quantitative estimate of drug-likeness (QED) is 0.848. The Kier molecular flexibility index (Phi) is 4.58. The molecule has 2 rings (SSSR count). The van der Waals surface area contributed by atoms with Crippen molar-refractivity contribution in [3.05, 3.63) is 34.5 Å². The highest BCUT2D eigenvalue weighted by molar-refractivity contribution is 6.33. The number of aromatic nitrogens is 1. The summed E-state index contributed by atoms with van der Waals surface area (Å²) in [5.41, 5.74) is 7.85. The number of hydrogen-bond acceptors (Lipinski definition) is 4. The van der Waals surface area contributed by atoms with Gasteiger partial charge in [0.15, 0.2) is 0 Å². The maximum Gasteiger partial charge on any atom is 0.147 e. The van der Waals surface area contributed by atoms with Crippen LogP contribution in [0.3, 0.4) is 0 Å². The van der Waals surface area contributed by atoms with Gasteiger partial charge in [-0.2, -0.15) is 0 Å². The third-order valence-electron chi connectivity index (χ3n) is 3.05. The minimum absolute atomic E-state index is 0.463. The summed E-state index contributed by atoms with van der Waals surface area (Å²) >= 11 is 6.23. The van der Waals surface area contributed by atoms with E-state index in [9.17, 15) is 0 Å². The van der Waals surface area contributed by atoms with Crippen molar-refractivity contribution < 1.29 is 4.74 Å². The fourth-order valence-electron chi connectivity index (χ4n) is 2.03. The molecule has 0 saturated carbocycles. The molecule has 2 heterocycles. The van der Waals surface area contributed by atoms with Crippen LogP contribution in [0.15, 0.2) is 23.9 Å². The SMILES string of the molecule is COCC1=CCN(c2ncc(CN)cc2Cl)CC1. The molecule has 0 radical (unpaired) electrons. The molecule has 0 unspecified atom stereocenters. The molecule has 2 N–H and O–H groups in total. The van der Waals surface area contributed by atoms with Gasteiger partial charge in [-0.15, -0.1) is 0 Å². The summed E-state index contributed by atoms with van der Waals surface area (Å²) < 4.78 is 5.13. The Morgan fingerprint density at radius 1 is 1.56 bits per heavy atom. The molecule has 1 aromatic heterocycles. The average Bonchev–Trinajstić information content (AvgIpc) is 2.40. The zero-order valence-electron chi connectivity index (χ0n) is 10.5. The van der Waals surface area contributed by atoms with Crippen molar-refractivity contribution in [2.45, 2.75) is 13.0 Å². The zero-order chi connectivity index (χ0) is 13.0. The number of halogens is 1. The van der Waals surface area contributed by atoms with Crippen molar-refractivity contribution in [2.24, 2.45) is 5.73 Å². The van der Waals surface area contributed by atoms with Crippen molar-refractivity contribution in [2.75, 3.05) is 31.7 Å². The number of nitrogens with zero attached hydrogens (tertiary/aromatic N) is 2. The number of methoxy groups -OCH3 is 1. The molecule has 0 amide bonds. The van der Waals surface area contributed by atoms with Crippen molar-refractivity contribution in [1.29, 1.82) is 0 Å². The second kappa shape index (κ2) is 6.18. The summed E-state index contributed by atoms with van der Waals surface area (Å²) in [7, 11) is 1.72. The van der Waals surface area contributed by atoms with E-state index in [0.29, 0.717) is 18.2 Å². The highest BCUT2D eigenvalue weighted by Crippen LogP contribution is 2.26. The highest BCUT2D eigenvalue weighted by Gasteiger charge is 2.16. The molecule has 4 nitrogen and oxygen atoms in total. The van der Waals surface area contributed by atoms with E-state index in [1.165, 1.54) is 5.57 Å². The van der Waals surface area contributed by atoms with Gasteiger partial charge in [0.2, 0.25) is 0 Å². The number of nitrogens with two attached hydrogens (primary N) is 1. The van der Waals surface area contributed by atoms with E-state index < -0.39 is 0 Å². The largest absolute Gasteiger partial charge is 0.380 e. The number of pyridine rings is 1. The van der Waals surface area contributed by atoms with E-state index in [1.807, 2.05) is 6.07 Å². The summed E-state index contributed by atoms with van der Waals surface area (Å²) in [4.78, 5) is 6.57.